The lowest BCUT2D eigenvalue weighted by Gasteiger charge is -2.31. The lowest BCUT2D eigenvalue weighted by molar-refractivity contribution is -0.895. The van der Waals surface area contributed by atoms with E-state index >= 15 is 0 Å². The topological polar surface area (TPSA) is 53.9 Å². The van der Waals surface area contributed by atoms with Crippen LogP contribution in [0.1, 0.15) is 6.92 Å². The molecule has 2 amide bonds. The molecule has 5 nitrogen and oxygen atoms in total. The third kappa shape index (κ3) is 4.17. The van der Waals surface area contributed by atoms with Crippen LogP contribution >= 0.6 is 22.6 Å². The zero-order valence-corrected chi connectivity index (χ0v) is 13.6. The molecule has 0 atom stereocenters. The van der Waals surface area contributed by atoms with E-state index in [1.54, 1.807) is 6.92 Å². The van der Waals surface area contributed by atoms with E-state index in [2.05, 4.69) is 27.9 Å². The average molecular weight is 388 g/mol. The zero-order valence-electron chi connectivity index (χ0n) is 11.5. The van der Waals surface area contributed by atoms with Crippen LogP contribution in [0.15, 0.2) is 24.3 Å². The lowest BCUT2D eigenvalue weighted by atomic mass is 10.3. The smallest absolute Gasteiger partial charge is 0.279 e. The van der Waals surface area contributed by atoms with Crippen LogP contribution < -0.4 is 10.2 Å². The van der Waals surface area contributed by atoms with Gasteiger partial charge in [0.15, 0.2) is 6.54 Å². The Morgan fingerprint density at radius 1 is 1.30 bits per heavy atom. The van der Waals surface area contributed by atoms with Crippen molar-refractivity contribution in [1.29, 1.82) is 0 Å². The Morgan fingerprint density at radius 3 is 2.55 bits per heavy atom. The average Bonchev–Trinajstić information content (AvgIpc) is 2.42. The number of para-hydroxylation sites is 1. The molecule has 0 saturated carbocycles. The van der Waals surface area contributed by atoms with Crippen molar-refractivity contribution in [2.45, 2.75) is 6.92 Å². The van der Waals surface area contributed by atoms with Crippen molar-refractivity contribution in [3.05, 3.63) is 27.8 Å². The molecular formula is C14H19IN3O2+. The van der Waals surface area contributed by atoms with Gasteiger partial charge >= 0.3 is 0 Å². The molecule has 0 spiro atoms. The van der Waals surface area contributed by atoms with E-state index in [-0.39, 0.29) is 11.8 Å². The van der Waals surface area contributed by atoms with Gasteiger partial charge in [-0.25, -0.2) is 0 Å². The molecule has 0 aliphatic carbocycles. The van der Waals surface area contributed by atoms with Crippen LogP contribution in [0.2, 0.25) is 0 Å². The SMILES string of the molecule is CC(=O)N1CC[NH+](CC(=O)Nc2ccccc2I)CC1. The fraction of sp³-hybridized carbons (Fsp3) is 0.429. The highest BCUT2D eigenvalue weighted by Crippen LogP contribution is 2.16. The van der Waals surface area contributed by atoms with E-state index in [0.717, 1.165) is 35.4 Å². The molecule has 108 valence electrons. The van der Waals surface area contributed by atoms with Gasteiger partial charge in [0.05, 0.1) is 31.9 Å². The van der Waals surface area contributed by atoms with E-state index in [1.165, 1.54) is 4.90 Å². The highest BCUT2D eigenvalue weighted by molar-refractivity contribution is 14.1. The van der Waals surface area contributed by atoms with Gasteiger partial charge in [-0.2, -0.15) is 0 Å². The van der Waals surface area contributed by atoms with Crippen LogP contribution in [0.3, 0.4) is 0 Å². The Hall–Kier alpha value is -1.15. The van der Waals surface area contributed by atoms with Gasteiger partial charge in [0, 0.05) is 10.5 Å². The first-order valence-electron chi connectivity index (χ1n) is 6.69. The summed E-state index contributed by atoms with van der Waals surface area (Å²) >= 11 is 2.21. The van der Waals surface area contributed by atoms with Gasteiger partial charge in [0.1, 0.15) is 0 Å². The molecule has 1 heterocycles. The maximum absolute atomic E-state index is 12.0. The third-order valence-electron chi connectivity index (χ3n) is 3.47. The standard InChI is InChI=1S/C14H18IN3O2/c1-11(19)18-8-6-17(7-9-18)10-14(20)16-13-5-3-2-4-12(13)15/h2-5H,6-10H2,1H3,(H,16,20)/p+1. The second-order valence-corrected chi connectivity index (χ2v) is 6.12. The Bertz CT molecular complexity index is 499. The van der Waals surface area contributed by atoms with Crippen LogP contribution in [0.25, 0.3) is 0 Å². The highest BCUT2D eigenvalue weighted by Gasteiger charge is 2.23. The van der Waals surface area contributed by atoms with Gasteiger partial charge in [-0.15, -0.1) is 0 Å². The predicted molar refractivity (Wildman–Crippen MR) is 85.6 cm³/mol. The Labute approximate surface area is 132 Å². The van der Waals surface area contributed by atoms with E-state index in [4.69, 9.17) is 0 Å². The molecule has 1 aliphatic rings. The van der Waals surface area contributed by atoms with Crippen molar-refractivity contribution < 1.29 is 14.5 Å². The number of hydrogen-bond donors (Lipinski definition) is 2. The van der Waals surface area contributed by atoms with Crippen LogP contribution in [-0.4, -0.2) is 49.4 Å². The van der Waals surface area contributed by atoms with Crippen LogP contribution in [0.5, 0.6) is 0 Å². The zero-order chi connectivity index (χ0) is 14.5. The number of nitrogens with one attached hydrogen (secondary N) is 2. The summed E-state index contributed by atoms with van der Waals surface area (Å²) in [5.74, 6) is 0.146. The summed E-state index contributed by atoms with van der Waals surface area (Å²) in [5, 5.41) is 2.94. The monoisotopic (exact) mass is 388 g/mol. The first-order chi connectivity index (χ1) is 9.56. The summed E-state index contributed by atoms with van der Waals surface area (Å²) in [6.45, 7) is 5.19. The number of anilines is 1. The summed E-state index contributed by atoms with van der Waals surface area (Å²) < 4.78 is 1.04. The molecule has 6 heteroatoms. The van der Waals surface area contributed by atoms with E-state index in [1.807, 2.05) is 29.2 Å². The Morgan fingerprint density at radius 2 is 1.95 bits per heavy atom. The first kappa shape index (κ1) is 15.2. The van der Waals surface area contributed by atoms with Crippen molar-refractivity contribution in [1.82, 2.24) is 4.90 Å². The summed E-state index contributed by atoms with van der Waals surface area (Å²) in [6, 6.07) is 7.73. The van der Waals surface area contributed by atoms with Crippen LogP contribution in [0.4, 0.5) is 5.69 Å². The molecule has 1 fully saturated rings. The fourth-order valence-electron chi connectivity index (χ4n) is 2.30. The quantitative estimate of drug-likeness (QED) is 0.716. The summed E-state index contributed by atoms with van der Waals surface area (Å²) in [4.78, 5) is 26.3. The molecular weight excluding hydrogens is 369 g/mol. The van der Waals surface area contributed by atoms with Gasteiger partial charge in [0.2, 0.25) is 5.91 Å². The number of benzene rings is 1. The molecule has 1 aromatic carbocycles. The van der Waals surface area contributed by atoms with Crippen molar-refractivity contribution in [2.24, 2.45) is 0 Å². The van der Waals surface area contributed by atoms with Crippen molar-refractivity contribution >= 4 is 40.1 Å². The van der Waals surface area contributed by atoms with Crippen molar-refractivity contribution in [2.75, 3.05) is 38.0 Å². The lowest BCUT2D eigenvalue weighted by Crippen LogP contribution is -3.15. The second-order valence-electron chi connectivity index (χ2n) is 4.96. The number of carbonyl (C=O) groups excluding carboxylic acids is 2. The number of carbonyl (C=O) groups is 2. The molecule has 0 aromatic heterocycles. The number of hydrogen-bond acceptors (Lipinski definition) is 2. The molecule has 0 radical (unpaired) electrons. The minimum absolute atomic E-state index is 0.0281. The number of nitrogens with zero attached hydrogens (tertiary/aromatic N) is 1. The molecule has 1 saturated heterocycles. The molecule has 2 N–H and O–H groups in total. The predicted octanol–water partition coefficient (Wildman–Crippen LogP) is -0.0233. The van der Waals surface area contributed by atoms with E-state index < -0.39 is 0 Å². The largest absolute Gasteiger partial charge is 0.332 e. The molecule has 1 aromatic rings. The maximum Gasteiger partial charge on any atom is 0.279 e. The maximum atomic E-state index is 12.0. The van der Waals surface area contributed by atoms with Gasteiger partial charge in [-0.05, 0) is 34.7 Å². The fourth-order valence-corrected chi connectivity index (χ4v) is 2.82. The van der Waals surface area contributed by atoms with E-state index in [9.17, 15) is 9.59 Å². The first-order valence-corrected chi connectivity index (χ1v) is 7.77. The number of piperazine rings is 1. The molecule has 1 aliphatic heterocycles. The second kappa shape index (κ2) is 7.03. The minimum atomic E-state index is 0.0281. The van der Waals surface area contributed by atoms with Crippen molar-refractivity contribution in [3.8, 4) is 0 Å². The summed E-state index contributed by atoms with van der Waals surface area (Å²) in [7, 11) is 0. The van der Waals surface area contributed by atoms with Gasteiger partial charge in [-0.3, -0.25) is 9.59 Å². The minimum Gasteiger partial charge on any atom is -0.332 e. The van der Waals surface area contributed by atoms with Crippen LogP contribution in [0, 0.1) is 3.57 Å². The highest BCUT2D eigenvalue weighted by atomic mass is 127. The van der Waals surface area contributed by atoms with Gasteiger partial charge in [-0.1, -0.05) is 12.1 Å². The van der Waals surface area contributed by atoms with Crippen LogP contribution in [-0.2, 0) is 9.59 Å². The normalized spacial score (nSPS) is 16.0. The number of quaternary nitrogens is 1. The molecule has 0 unspecified atom stereocenters. The Balaban J connectivity index is 1.81. The van der Waals surface area contributed by atoms with E-state index in [0.29, 0.717) is 6.54 Å². The van der Waals surface area contributed by atoms with Gasteiger partial charge in [0.25, 0.3) is 5.91 Å². The summed E-state index contributed by atoms with van der Waals surface area (Å²) in [6.07, 6.45) is 0. The Kier molecular flexibility index (Phi) is 5.36. The molecule has 2 rings (SSSR count). The third-order valence-corrected chi connectivity index (χ3v) is 4.42. The molecule has 20 heavy (non-hydrogen) atoms. The van der Waals surface area contributed by atoms with Gasteiger partial charge < -0.3 is 15.1 Å². The number of amides is 2. The summed E-state index contributed by atoms with van der Waals surface area (Å²) in [5.41, 5.74) is 0.861. The molecule has 0 bridgehead atoms. The number of rotatable bonds is 3. The van der Waals surface area contributed by atoms with Crippen molar-refractivity contribution in [3.63, 3.8) is 0 Å². The number of halogens is 1.